The molecule has 4 N–H and O–H groups in total. The summed E-state index contributed by atoms with van der Waals surface area (Å²) in [5.41, 5.74) is 13.7. The Morgan fingerprint density at radius 1 is 0.480 bits per heavy atom. The quantitative estimate of drug-likeness (QED) is 0.0930. The molecule has 0 unspecified atom stereocenters. The number of hydrogen-bond donors (Lipinski definition) is 4. The van der Waals surface area contributed by atoms with E-state index in [9.17, 15) is 19.2 Å². The third-order valence-electron chi connectivity index (χ3n) is 12.9. The minimum atomic E-state index is -0.238. The van der Waals surface area contributed by atoms with Gasteiger partial charge in [-0.2, -0.15) is 0 Å². The van der Waals surface area contributed by atoms with Crippen LogP contribution in [0.4, 0.5) is 22.7 Å². The number of carbonyl (C=O) groups is 4. The van der Waals surface area contributed by atoms with E-state index in [0.29, 0.717) is 125 Å². The predicted octanol–water partition coefficient (Wildman–Crippen LogP) is 12.1. The van der Waals surface area contributed by atoms with Crippen molar-refractivity contribution in [1.82, 2.24) is 24.9 Å². The SMILES string of the molecule is O=C(CBr)Nc1ccccc1-c1c2nc(c3c4ccc([n-]4)c(-c4ccccc4NC(=O)CBr)c4nc(c(c5ccc1[n-]5)-c1ccccc1NC(=O)CCc1cncc(c1)CCC(=O)Nc1ccccc1-3)C=C4)C=C2.[Zn+2]. The summed E-state index contributed by atoms with van der Waals surface area (Å²) in [7, 11) is 0. The molecule has 12 bridgehead atoms. The summed E-state index contributed by atoms with van der Waals surface area (Å²) in [5, 5.41) is 12.7. The van der Waals surface area contributed by atoms with Crippen LogP contribution in [0.15, 0.2) is 140 Å². The molecule has 4 aromatic heterocycles. The average molecular weight is 1170 g/mol. The van der Waals surface area contributed by atoms with Gasteiger partial charge in [0.15, 0.2) is 0 Å². The van der Waals surface area contributed by atoms with E-state index in [4.69, 9.17) is 19.9 Å². The topological polar surface area (TPSA) is 183 Å². The second-order valence-corrected chi connectivity index (χ2v) is 18.8. The summed E-state index contributed by atoms with van der Waals surface area (Å²) in [5.74, 6) is -0.893. The van der Waals surface area contributed by atoms with Crippen LogP contribution in [0.3, 0.4) is 0 Å². The molecule has 0 spiro atoms. The zero-order chi connectivity index (χ0) is 50.7. The van der Waals surface area contributed by atoms with Crippen molar-refractivity contribution in [3.05, 3.63) is 174 Å². The number of benzene rings is 4. The third-order valence-corrected chi connectivity index (χ3v) is 13.9. The van der Waals surface area contributed by atoms with E-state index in [1.165, 1.54) is 0 Å². The van der Waals surface area contributed by atoms with Crippen molar-refractivity contribution in [2.45, 2.75) is 25.7 Å². The molecule has 0 radical (unpaired) electrons. The van der Waals surface area contributed by atoms with Crippen molar-refractivity contribution in [3.8, 4) is 44.5 Å². The fourth-order valence-electron chi connectivity index (χ4n) is 9.55. The standard InChI is InChI=1S/C59H45Br2N9O4.Zn/c60-30-54(73)69-42-15-7-3-11-38(42)58-48-23-19-44(63-48)56-36-9-1-5-13-40(36)67-52(71)27-17-34-29-35(33-62-32-34)18-28-53(72)68-41-14-6-2-10-37(41)57(46-21-25-50(58)65-46)47-22-26-51(66-47)59(49-24-20-45(56)64-49)39-12-4-8-16-43(39)70-55(74)31-61;/h1-16,19-26,29,32-33H,17-18,27-28,30-31H2,(H6,63,64,65,66,67,68,69,70,71,72,73,74);/q;+2/p-2. The zero-order valence-corrected chi connectivity index (χ0v) is 46.3. The van der Waals surface area contributed by atoms with Crippen molar-refractivity contribution in [2.24, 2.45) is 0 Å². The van der Waals surface area contributed by atoms with Gasteiger partial charge in [-0.05, 0) is 94.8 Å². The van der Waals surface area contributed by atoms with E-state index < -0.39 is 0 Å². The van der Waals surface area contributed by atoms with Gasteiger partial charge in [-0.25, -0.2) is 9.97 Å². The van der Waals surface area contributed by atoms with Gasteiger partial charge in [0.2, 0.25) is 23.6 Å². The van der Waals surface area contributed by atoms with Crippen LogP contribution in [0.1, 0.15) is 46.7 Å². The van der Waals surface area contributed by atoms with E-state index in [2.05, 4.69) is 58.1 Å². The first-order chi connectivity index (χ1) is 36.2. The van der Waals surface area contributed by atoms with E-state index in [1.807, 2.05) is 152 Å². The van der Waals surface area contributed by atoms with Crippen LogP contribution in [0.5, 0.6) is 0 Å². The van der Waals surface area contributed by atoms with Gasteiger partial charge < -0.3 is 31.2 Å². The van der Waals surface area contributed by atoms with E-state index in [1.54, 1.807) is 12.4 Å². The molecule has 0 atom stereocenters. The van der Waals surface area contributed by atoms with Crippen molar-refractivity contribution in [3.63, 3.8) is 0 Å². The van der Waals surface area contributed by atoms with Gasteiger partial charge in [-0.3, -0.25) is 24.2 Å². The van der Waals surface area contributed by atoms with Gasteiger partial charge in [-0.15, -0.1) is 22.1 Å². The number of pyridine rings is 1. The van der Waals surface area contributed by atoms with E-state index >= 15 is 0 Å². The molecule has 0 saturated heterocycles. The maximum absolute atomic E-state index is 14.1. The number of alkyl halides is 2. The number of anilines is 4. The third kappa shape index (κ3) is 10.6. The first-order valence-electron chi connectivity index (χ1n) is 23.9. The number of nitrogens with zero attached hydrogens (tertiary/aromatic N) is 5. The molecule has 13 nitrogen and oxygen atoms in total. The summed E-state index contributed by atoms with van der Waals surface area (Å²) in [6, 6.07) is 39.9. The second kappa shape index (κ2) is 22.3. The Balaban J connectivity index is 0.00000641. The number of rotatable bonds is 6. The van der Waals surface area contributed by atoms with Gasteiger partial charge in [0.25, 0.3) is 0 Å². The zero-order valence-electron chi connectivity index (χ0n) is 40.2. The molecular formula is C59H43Br2N9O4Zn. The van der Waals surface area contributed by atoms with Gasteiger partial charge in [-0.1, -0.05) is 135 Å². The number of halogens is 2. The van der Waals surface area contributed by atoms with E-state index in [0.717, 1.165) is 11.1 Å². The van der Waals surface area contributed by atoms with Gasteiger partial charge in [0.1, 0.15) is 0 Å². The predicted molar refractivity (Wildman–Crippen MR) is 302 cm³/mol. The Bertz CT molecular complexity index is 3600. The van der Waals surface area contributed by atoms with Crippen LogP contribution in [-0.4, -0.2) is 49.2 Å². The minimum Gasteiger partial charge on any atom is -0.657 e. The van der Waals surface area contributed by atoms with Crippen LogP contribution >= 0.6 is 31.9 Å². The van der Waals surface area contributed by atoms with Crippen molar-refractivity contribution < 1.29 is 38.7 Å². The van der Waals surface area contributed by atoms with Crippen molar-refractivity contribution in [1.29, 1.82) is 0 Å². The largest absolute Gasteiger partial charge is 2.00 e. The maximum atomic E-state index is 14.1. The summed E-state index contributed by atoms with van der Waals surface area (Å²) in [4.78, 5) is 80.4. The van der Waals surface area contributed by atoms with Gasteiger partial charge in [0.05, 0.1) is 33.4 Å². The molecule has 8 heterocycles. The fraction of sp³-hybridized carbons (Fsp3) is 0.102. The Morgan fingerprint density at radius 3 is 1.21 bits per heavy atom. The Labute approximate surface area is 460 Å². The molecule has 0 saturated carbocycles. The number of aryl methyl sites for hydroxylation is 2. The van der Waals surface area contributed by atoms with Gasteiger partial charge in [0, 0.05) is 70.2 Å². The molecule has 0 aliphatic carbocycles. The van der Waals surface area contributed by atoms with Crippen molar-refractivity contribution in [2.75, 3.05) is 31.9 Å². The van der Waals surface area contributed by atoms with E-state index in [-0.39, 0.29) is 66.6 Å². The molecule has 4 aromatic carbocycles. The average Bonchev–Trinajstić information content (AvgIpc) is 4.28. The smallest absolute Gasteiger partial charge is 0.657 e. The summed E-state index contributed by atoms with van der Waals surface area (Å²) >= 11 is 6.64. The molecule has 75 heavy (non-hydrogen) atoms. The molecule has 0 fully saturated rings. The number of fused-ring (bicyclic) bond motifs is 6. The number of nitrogens with one attached hydrogen (secondary N) is 4. The molecule has 4 aliphatic rings. The number of hydrogen-bond acceptors (Lipinski definition) is 7. The van der Waals surface area contributed by atoms with Gasteiger partial charge >= 0.3 is 19.5 Å². The first-order valence-corrected chi connectivity index (χ1v) is 26.1. The van der Waals surface area contributed by atoms with Crippen LogP contribution < -0.4 is 31.2 Å². The Kier molecular flexibility index (Phi) is 15.0. The minimum absolute atomic E-state index is 0. The van der Waals surface area contributed by atoms with Crippen LogP contribution in [0.25, 0.3) is 90.9 Å². The molecule has 364 valence electrons. The number of para-hydroxylation sites is 4. The molecule has 8 aromatic rings. The summed E-state index contributed by atoms with van der Waals surface area (Å²) in [6.45, 7) is 0. The molecular weight excluding hydrogens is 1120 g/mol. The number of aromatic nitrogens is 5. The number of carbonyl (C=O) groups excluding carboxylic acids is 4. The first kappa shape index (κ1) is 50.6. The Hall–Kier alpha value is -7.91. The molecule has 4 aliphatic heterocycles. The summed E-state index contributed by atoms with van der Waals surface area (Å²) < 4.78 is 0. The summed E-state index contributed by atoms with van der Waals surface area (Å²) in [6.07, 6.45) is 12.4. The number of amides is 4. The maximum Gasteiger partial charge on any atom is 2.00 e. The Morgan fingerprint density at radius 2 is 0.827 bits per heavy atom. The van der Waals surface area contributed by atoms with Crippen LogP contribution in [0, 0.1) is 0 Å². The molecule has 16 heteroatoms. The second-order valence-electron chi connectivity index (χ2n) is 17.7. The molecule has 12 rings (SSSR count). The van der Waals surface area contributed by atoms with Crippen molar-refractivity contribution >= 4 is 125 Å². The van der Waals surface area contributed by atoms with Crippen LogP contribution in [-0.2, 0) is 51.5 Å². The van der Waals surface area contributed by atoms with Crippen LogP contribution in [0.2, 0.25) is 0 Å². The fourth-order valence-corrected chi connectivity index (χ4v) is 9.84. The monoisotopic (exact) mass is 1160 g/mol. The normalized spacial score (nSPS) is 13.0. The molecule has 4 amide bonds.